The van der Waals surface area contributed by atoms with Gasteiger partial charge in [-0.2, -0.15) is 0 Å². The van der Waals surface area contributed by atoms with Gasteiger partial charge in [-0.1, -0.05) is 42.5 Å². The standard InChI is InChI=1S/C30H35F3N2O6/c1-29(2,3)41-28(37)34-23(27(36)39-7)16-18-10-8-12-21-20(18)11-9-13-22(21)25-24(38-6)15-14-19(17-35(4)5)26(25)40-30(31,32)33/h8-15,23H,16-17H2,1-7H3,(H,34,37)/t23-/m0/s1. The van der Waals surface area contributed by atoms with Crippen molar-refractivity contribution in [3.05, 3.63) is 59.7 Å². The lowest BCUT2D eigenvalue weighted by Gasteiger charge is -2.23. The summed E-state index contributed by atoms with van der Waals surface area (Å²) in [7, 11) is 6.08. The van der Waals surface area contributed by atoms with Crippen molar-refractivity contribution in [2.24, 2.45) is 0 Å². The van der Waals surface area contributed by atoms with Crippen LogP contribution in [-0.2, 0) is 27.2 Å². The van der Waals surface area contributed by atoms with E-state index >= 15 is 0 Å². The van der Waals surface area contributed by atoms with Crippen LogP contribution < -0.4 is 14.8 Å². The number of nitrogens with one attached hydrogen (secondary N) is 1. The van der Waals surface area contributed by atoms with Gasteiger partial charge in [0.1, 0.15) is 23.1 Å². The number of nitrogens with zero attached hydrogens (tertiary/aromatic N) is 1. The van der Waals surface area contributed by atoms with Crippen molar-refractivity contribution in [1.82, 2.24) is 10.2 Å². The Morgan fingerprint density at radius 2 is 1.59 bits per heavy atom. The molecule has 8 nitrogen and oxygen atoms in total. The second kappa shape index (κ2) is 12.7. The van der Waals surface area contributed by atoms with Crippen LogP contribution in [-0.4, -0.2) is 63.3 Å². The van der Waals surface area contributed by atoms with Crippen molar-refractivity contribution < 1.29 is 41.7 Å². The van der Waals surface area contributed by atoms with E-state index in [0.717, 1.165) is 0 Å². The average Bonchev–Trinajstić information content (AvgIpc) is 2.86. The Morgan fingerprint density at radius 3 is 2.17 bits per heavy atom. The Labute approximate surface area is 237 Å². The quantitative estimate of drug-likeness (QED) is 0.309. The Bertz CT molecular complexity index is 1400. The molecule has 0 unspecified atom stereocenters. The second-order valence-corrected chi connectivity index (χ2v) is 10.7. The molecule has 0 saturated heterocycles. The van der Waals surface area contributed by atoms with Gasteiger partial charge in [0, 0.05) is 18.5 Å². The maximum Gasteiger partial charge on any atom is 0.573 e. The SMILES string of the molecule is COC(=O)[C@H](Cc1cccc2c(-c3c(OC)ccc(CN(C)C)c3OC(F)(F)F)cccc12)NC(=O)OC(C)(C)C. The van der Waals surface area contributed by atoms with E-state index in [1.165, 1.54) is 14.2 Å². The number of halogens is 3. The summed E-state index contributed by atoms with van der Waals surface area (Å²) in [5.74, 6) is -0.839. The van der Waals surface area contributed by atoms with E-state index in [1.807, 2.05) is 0 Å². The number of hydrogen-bond acceptors (Lipinski definition) is 7. The molecule has 0 radical (unpaired) electrons. The minimum atomic E-state index is -4.95. The van der Waals surface area contributed by atoms with Gasteiger partial charge in [0.25, 0.3) is 0 Å². The average molecular weight is 577 g/mol. The van der Waals surface area contributed by atoms with Crippen molar-refractivity contribution in [3.63, 3.8) is 0 Å². The molecule has 3 rings (SSSR count). The molecule has 1 amide bonds. The van der Waals surface area contributed by atoms with Gasteiger partial charge < -0.3 is 29.2 Å². The molecule has 0 aliphatic rings. The van der Waals surface area contributed by atoms with Gasteiger partial charge in [0.2, 0.25) is 0 Å². The van der Waals surface area contributed by atoms with Crippen LogP contribution in [0.4, 0.5) is 18.0 Å². The topological polar surface area (TPSA) is 86.3 Å². The van der Waals surface area contributed by atoms with Crippen molar-refractivity contribution in [1.29, 1.82) is 0 Å². The monoisotopic (exact) mass is 576 g/mol. The molecule has 0 spiro atoms. The van der Waals surface area contributed by atoms with Gasteiger partial charge in [0.15, 0.2) is 0 Å². The molecule has 0 aliphatic heterocycles. The summed E-state index contributed by atoms with van der Waals surface area (Å²) in [6.45, 7) is 5.29. The number of benzene rings is 3. The number of carbonyl (C=O) groups excluding carboxylic acids is 2. The molecule has 222 valence electrons. The third-order valence-electron chi connectivity index (χ3n) is 6.01. The van der Waals surface area contributed by atoms with Crippen molar-refractivity contribution in [3.8, 4) is 22.6 Å². The maximum atomic E-state index is 13.7. The van der Waals surface area contributed by atoms with Crippen molar-refractivity contribution in [2.75, 3.05) is 28.3 Å². The zero-order valence-corrected chi connectivity index (χ0v) is 24.1. The molecule has 0 aromatic heterocycles. The molecular formula is C30H35F3N2O6. The number of esters is 1. The molecule has 41 heavy (non-hydrogen) atoms. The maximum absolute atomic E-state index is 13.7. The van der Waals surface area contributed by atoms with E-state index in [1.54, 1.807) is 88.3 Å². The lowest BCUT2D eigenvalue weighted by molar-refractivity contribution is -0.274. The first kappa shape index (κ1) is 31.5. The summed E-state index contributed by atoms with van der Waals surface area (Å²) in [5, 5.41) is 3.81. The number of alkyl carbamates (subject to hydrolysis) is 1. The summed E-state index contributed by atoms with van der Waals surface area (Å²) >= 11 is 0. The summed E-state index contributed by atoms with van der Waals surface area (Å²) in [6, 6.07) is 12.5. The molecule has 1 N–H and O–H groups in total. The van der Waals surface area contributed by atoms with E-state index in [0.29, 0.717) is 27.5 Å². The molecule has 11 heteroatoms. The Balaban J connectivity index is 2.18. The van der Waals surface area contributed by atoms with Gasteiger partial charge in [-0.25, -0.2) is 9.59 Å². The highest BCUT2D eigenvalue weighted by Gasteiger charge is 2.35. The van der Waals surface area contributed by atoms with E-state index in [4.69, 9.17) is 14.2 Å². The zero-order valence-electron chi connectivity index (χ0n) is 24.1. The predicted molar refractivity (Wildman–Crippen MR) is 149 cm³/mol. The fourth-order valence-electron chi connectivity index (χ4n) is 4.51. The minimum Gasteiger partial charge on any atom is -0.496 e. The second-order valence-electron chi connectivity index (χ2n) is 10.7. The van der Waals surface area contributed by atoms with Crippen LogP contribution in [0.25, 0.3) is 21.9 Å². The Hall–Kier alpha value is -3.99. The van der Waals surface area contributed by atoms with Crippen LogP contribution in [0.1, 0.15) is 31.9 Å². The lowest BCUT2D eigenvalue weighted by atomic mass is 9.91. The molecule has 0 aliphatic carbocycles. The van der Waals surface area contributed by atoms with Crippen LogP contribution in [0.5, 0.6) is 11.5 Å². The largest absolute Gasteiger partial charge is 0.573 e. The van der Waals surface area contributed by atoms with E-state index in [2.05, 4.69) is 10.1 Å². The third kappa shape index (κ3) is 8.26. The summed E-state index contributed by atoms with van der Waals surface area (Å²) < 4.78 is 61.3. The van der Waals surface area contributed by atoms with Gasteiger partial charge in [-0.15, -0.1) is 13.2 Å². The molecule has 3 aromatic rings. The van der Waals surface area contributed by atoms with Crippen molar-refractivity contribution >= 4 is 22.8 Å². The van der Waals surface area contributed by atoms with Crippen molar-refractivity contribution in [2.45, 2.75) is 51.7 Å². The molecule has 0 fully saturated rings. The number of methoxy groups -OCH3 is 2. The molecular weight excluding hydrogens is 541 g/mol. The molecule has 0 saturated carbocycles. The summed E-state index contributed by atoms with van der Waals surface area (Å²) in [4.78, 5) is 26.8. The number of fused-ring (bicyclic) bond motifs is 1. The first-order valence-electron chi connectivity index (χ1n) is 12.8. The number of rotatable bonds is 9. The van der Waals surface area contributed by atoms with Crippen LogP contribution in [0.3, 0.4) is 0 Å². The Kier molecular flexibility index (Phi) is 9.75. The predicted octanol–water partition coefficient (Wildman–Crippen LogP) is 6.08. The number of carbonyl (C=O) groups is 2. The highest BCUT2D eigenvalue weighted by atomic mass is 19.4. The van der Waals surface area contributed by atoms with Crippen LogP contribution in [0.2, 0.25) is 0 Å². The number of ether oxygens (including phenoxy) is 4. The van der Waals surface area contributed by atoms with Gasteiger partial charge in [-0.3, -0.25) is 0 Å². The number of amides is 1. The molecule has 3 aromatic carbocycles. The molecule has 1 atom stereocenters. The van der Waals surface area contributed by atoms with Gasteiger partial charge in [0.05, 0.1) is 19.8 Å². The number of hydrogen-bond donors (Lipinski definition) is 1. The highest BCUT2D eigenvalue weighted by molar-refractivity contribution is 6.01. The molecule has 0 heterocycles. The normalized spacial score (nSPS) is 12.7. The molecule has 0 bridgehead atoms. The zero-order chi connectivity index (χ0) is 30.5. The van der Waals surface area contributed by atoms with Crippen LogP contribution >= 0.6 is 0 Å². The van der Waals surface area contributed by atoms with Crippen LogP contribution in [0, 0.1) is 0 Å². The van der Waals surface area contributed by atoms with Crippen LogP contribution in [0.15, 0.2) is 48.5 Å². The highest BCUT2D eigenvalue weighted by Crippen LogP contribution is 2.46. The third-order valence-corrected chi connectivity index (χ3v) is 6.01. The fraction of sp³-hybridized carbons (Fsp3) is 0.400. The minimum absolute atomic E-state index is 0.0381. The van der Waals surface area contributed by atoms with Gasteiger partial charge >= 0.3 is 18.4 Å². The summed E-state index contributed by atoms with van der Waals surface area (Å²) in [6.07, 6.45) is -5.69. The first-order chi connectivity index (χ1) is 19.1. The lowest BCUT2D eigenvalue weighted by Crippen LogP contribution is -2.45. The number of alkyl halides is 3. The van der Waals surface area contributed by atoms with E-state index < -0.39 is 30.1 Å². The smallest absolute Gasteiger partial charge is 0.496 e. The van der Waals surface area contributed by atoms with E-state index in [9.17, 15) is 22.8 Å². The summed E-state index contributed by atoms with van der Waals surface area (Å²) in [5.41, 5.74) is 0.773. The fourth-order valence-corrected chi connectivity index (χ4v) is 4.51. The van der Waals surface area contributed by atoms with Gasteiger partial charge in [-0.05, 0) is 62.8 Å². The van der Waals surface area contributed by atoms with E-state index in [-0.39, 0.29) is 30.0 Å². The first-order valence-corrected chi connectivity index (χ1v) is 12.8. The Morgan fingerprint density at radius 1 is 0.927 bits per heavy atom.